The van der Waals surface area contributed by atoms with Crippen LogP contribution in [-0.2, 0) is 4.79 Å². The molecule has 0 aliphatic carbocycles. The number of hydrogen-bond acceptors (Lipinski definition) is 1. The van der Waals surface area contributed by atoms with Crippen molar-refractivity contribution >= 4 is 24.0 Å². The van der Waals surface area contributed by atoms with E-state index in [1.807, 2.05) is 56.3 Å². The van der Waals surface area contributed by atoms with Crippen molar-refractivity contribution in [2.24, 2.45) is 0 Å². The fraction of sp³-hybridized carbons (Fsp3) is 0.133. The van der Waals surface area contributed by atoms with Crippen LogP contribution in [0.2, 0.25) is 5.02 Å². The smallest absolute Gasteiger partial charge is 0.150 e. The highest BCUT2D eigenvalue weighted by molar-refractivity contribution is 6.30. The van der Waals surface area contributed by atoms with Gasteiger partial charge < -0.3 is 0 Å². The molecule has 0 aromatic heterocycles. The lowest BCUT2D eigenvalue weighted by atomic mass is 10.1. The SMILES string of the molecule is C/C=C(/C=C\c1ccc(Cl)cc1)C(\C=O)=C/C. The first-order valence-electron chi connectivity index (χ1n) is 5.43. The third-order valence-corrected chi connectivity index (χ3v) is 2.66. The first-order chi connectivity index (χ1) is 8.21. The van der Waals surface area contributed by atoms with E-state index in [1.54, 1.807) is 6.08 Å². The molecule has 0 aliphatic heterocycles. The number of carbonyl (C=O) groups is 1. The van der Waals surface area contributed by atoms with E-state index < -0.39 is 0 Å². The van der Waals surface area contributed by atoms with Crippen molar-refractivity contribution in [3.05, 3.63) is 64.2 Å². The van der Waals surface area contributed by atoms with E-state index >= 15 is 0 Å². The molecule has 0 heterocycles. The second-order valence-corrected chi connectivity index (χ2v) is 3.93. The average Bonchev–Trinajstić information content (AvgIpc) is 2.36. The van der Waals surface area contributed by atoms with Gasteiger partial charge >= 0.3 is 0 Å². The van der Waals surface area contributed by atoms with Crippen molar-refractivity contribution in [1.82, 2.24) is 0 Å². The van der Waals surface area contributed by atoms with E-state index in [4.69, 9.17) is 11.6 Å². The van der Waals surface area contributed by atoms with Gasteiger partial charge in [-0.1, -0.05) is 48.0 Å². The van der Waals surface area contributed by atoms with Crippen molar-refractivity contribution in [2.75, 3.05) is 0 Å². The zero-order valence-electron chi connectivity index (χ0n) is 9.98. The molecule has 0 saturated heterocycles. The summed E-state index contributed by atoms with van der Waals surface area (Å²) in [6, 6.07) is 7.55. The molecule has 17 heavy (non-hydrogen) atoms. The molecule has 0 radical (unpaired) electrons. The summed E-state index contributed by atoms with van der Waals surface area (Å²) in [6.45, 7) is 3.76. The molecule has 0 amide bonds. The molecule has 0 bridgehead atoms. The van der Waals surface area contributed by atoms with Gasteiger partial charge in [-0.3, -0.25) is 4.79 Å². The summed E-state index contributed by atoms with van der Waals surface area (Å²) in [5, 5.41) is 0.718. The number of carbonyl (C=O) groups excluding carboxylic acids is 1. The van der Waals surface area contributed by atoms with Gasteiger partial charge in [0.15, 0.2) is 0 Å². The van der Waals surface area contributed by atoms with Crippen LogP contribution in [0.25, 0.3) is 6.08 Å². The molecule has 0 saturated carbocycles. The standard InChI is InChI=1S/C15H15ClO/c1-3-13(14(4-2)11-17)8-5-12-6-9-15(16)10-7-12/h3-11H,1-2H3/b8-5-,13-3-,14-4-. The van der Waals surface area contributed by atoms with Crippen LogP contribution in [0.4, 0.5) is 0 Å². The number of rotatable bonds is 4. The minimum Gasteiger partial charge on any atom is -0.298 e. The van der Waals surface area contributed by atoms with Gasteiger partial charge in [-0.25, -0.2) is 0 Å². The van der Waals surface area contributed by atoms with Gasteiger partial charge in [0.2, 0.25) is 0 Å². The van der Waals surface area contributed by atoms with Crippen molar-refractivity contribution in [2.45, 2.75) is 13.8 Å². The molecule has 0 aliphatic rings. The van der Waals surface area contributed by atoms with E-state index in [1.165, 1.54) is 0 Å². The highest BCUT2D eigenvalue weighted by atomic mass is 35.5. The third-order valence-electron chi connectivity index (χ3n) is 2.41. The van der Waals surface area contributed by atoms with Gasteiger partial charge in [0.1, 0.15) is 6.29 Å². The topological polar surface area (TPSA) is 17.1 Å². The average molecular weight is 247 g/mol. The summed E-state index contributed by atoms with van der Waals surface area (Å²) in [5.41, 5.74) is 2.66. The fourth-order valence-corrected chi connectivity index (χ4v) is 1.55. The molecule has 1 nitrogen and oxygen atoms in total. The Morgan fingerprint density at radius 2 is 1.65 bits per heavy atom. The quantitative estimate of drug-likeness (QED) is 0.436. The van der Waals surface area contributed by atoms with Crippen LogP contribution in [0, 0.1) is 0 Å². The van der Waals surface area contributed by atoms with Gasteiger partial charge in [-0.05, 0) is 37.1 Å². The Kier molecular flexibility index (Phi) is 5.44. The summed E-state index contributed by atoms with van der Waals surface area (Å²) in [4.78, 5) is 10.8. The van der Waals surface area contributed by atoms with Gasteiger partial charge in [0, 0.05) is 10.6 Å². The third kappa shape index (κ3) is 4.04. The Morgan fingerprint density at radius 1 is 1.06 bits per heavy atom. The van der Waals surface area contributed by atoms with E-state index in [0.29, 0.717) is 5.57 Å². The van der Waals surface area contributed by atoms with Gasteiger partial charge in [0.05, 0.1) is 0 Å². The van der Waals surface area contributed by atoms with Crippen molar-refractivity contribution in [1.29, 1.82) is 0 Å². The molecule has 0 fully saturated rings. The second-order valence-electron chi connectivity index (χ2n) is 3.49. The van der Waals surface area contributed by atoms with Crippen molar-refractivity contribution < 1.29 is 4.79 Å². The normalized spacial score (nSPS) is 13.1. The molecule has 0 spiro atoms. The van der Waals surface area contributed by atoms with E-state index in [2.05, 4.69) is 0 Å². The summed E-state index contributed by atoms with van der Waals surface area (Å²) < 4.78 is 0. The van der Waals surface area contributed by atoms with E-state index in [-0.39, 0.29) is 0 Å². The molecule has 0 unspecified atom stereocenters. The highest BCUT2D eigenvalue weighted by Gasteiger charge is 1.97. The first kappa shape index (κ1) is 13.5. The predicted octanol–water partition coefficient (Wildman–Crippen LogP) is 4.44. The number of allylic oxidation sites excluding steroid dienone is 5. The Morgan fingerprint density at radius 3 is 2.12 bits per heavy atom. The lowest BCUT2D eigenvalue weighted by molar-refractivity contribution is -0.104. The molecule has 2 heteroatoms. The Balaban J connectivity index is 2.89. The molecule has 0 N–H and O–H groups in total. The monoisotopic (exact) mass is 246 g/mol. The zero-order valence-corrected chi connectivity index (χ0v) is 10.7. The molecule has 1 aromatic carbocycles. The molecular weight excluding hydrogens is 232 g/mol. The first-order valence-corrected chi connectivity index (χ1v) is 5.81. The summed E-state index contributed by atoms with van der Waals surface area (Å²) in [5.74, 6) is 0. The highest BCUT2D eigenvalue weighted by Crippen LogP contribution is 2.14. The second kappa shape index (κ2) is 6.87. The molecule has 1 aromatic rings. The minimum atomic E-state index is 0.692. The van der Waals surface area contributed by atoms with E-state index in [9.17, 15) is 4.79 Å². The minimum absolute atomic E-state index is 0.692. The van der Waals surface area contributed by atoms with Crippen LogP contribution in [0.1, 0.15) is 19.4 Å². The zero-order chi connectivity index (χ0) is 12.7. The van der Waals surface area contributed by atoms with Crippen molar-refractivity contribution in [3.8, 4) is 0 Å². The number of hydrogen-bond donors (Lipinski definition) is 0. The maximum Gasteiger partial charge on any atom is 0.150 e. The van der Waals surface area contributed by atoms with Crippen LogP contribution in [-0.4, -0.2) is 6.29 Å². The predicted molar refractivity (Wildman–Crippen MR) is 74.1 cm³/mol. The molecular formula is C15H15ClO. The molecule has 1 rings (SSSR count). The summed E-state index contributed by atoms with van der Waals surface area (Å²) in [6.07, 6.45) is 8.46. The lowest BCUT2D eigenvalue weighted by Crippen LogP contribution is -1.87. The van der Waals surface area contributed by atoms with Crippen molar-refractivity contribution in [3.63, 3.8) is 0 Å². The summed E-state index contributed by atoms with van der Waals surface area (Å²) >= 11 is 5.81. The van der Waals surface area contributed by atoms with E-state index in [0.717, 1.165) is 22.4 Å². The van der Waals surface area contributed by atoms with Gasteiger partial charge in [0.25, 0.3) is 0 Å². The maximum atomic E-state index is 10.8. The van der Waals surface area contributed by atoms with Gasteiger partial charge in [-0.15, -0.1) is 0 Å². The number of benzene rings is 1. The Labute approximate surface area is 107 Å². The maximum absolute atomic E-state index is 10.8. The van der Waals surface area contributed by atoms with Crippen LogP contribution in [0.3, 0.4) is 0 Å². The van der Waals surface area contributed by atoms with Crippen LogP contribution < -0.4 is 0 Å². The van der Waals surface area contributed by atoms with Crippen LogP contribution >= 0.6 is 11.6 Å². The number of aldehydes is 1. The molecule has 88 valence electrons. The molecule has 0 atom stereocenters. The number of halogens is 1. The van der Waals surface area contributed by atoms with Crippen LogP contribution in [0.15, 0.2) is 53.6 Å². The van der Waals surface area contributed by atoms with Crippen LogP contribution in [0.5, 0.6) is 0 Å². The fourth-order valence-electron chi connectivity index (χ4n) is 1.42. The lowest BCUT2D eigenvalue weighted by Gasteiger charge is -1.99. The Hall–Kier alpha value is -1.60. The summed E-state index contributed by atoms with van der Waals surface area (Å²) in [7, 11) is 0. The Bertz CT molecular complexity index is 464. The largest absolute Gasteiger partial charge is 0.298 e. The van der Waals surface area contributed by atoms with Gasteiger partial charge in [-0.2, -0.15) is 0 Å².